The van der Waals surface area contributed by atoms with Gasteiger partial charge in [-0.2, -0.15) is 0 Å². The van der Waals surface area contributed by atoms with Crippen LogP contribution in [0.2, 0.25) is 0 Å². The molecule has 0 radical (unpaired) electrons. The van der Waals surface area contributed by atoms with Gasteiger partial charge in [-0.3, -0.25) is 14.2 Å². The average Bonchev–Trinajstić information content (AvgIpc) is 2.65. The van der Waals surface area contributed by atoms with Crippen molar-refractivity contribution in [1.29, 1.82) is 0 Å². The van der Waals surface area contributed by atoms with Crippen molar-refractivity contribution in [1.82, 2.24) is 14.9 Å². The largest absolute Gasteiger partial charge is 0.382 e. The van der Waals surface area contributed by atoms with Crippen LogP contribution in [0.1, 0.15) is 33.6 Å². The van der Waals surface area contributed by atoms with Crippen LogP contribution in [-0.4, -0.2) is 40.5 Å². The summed E-state index contributed by atoms with van der Waals surface area (Å²) in [5.41, 5.74) is 0.581. The van der Waals surface area contributed by atoms with E-state index in [1.54, 1.807) is 10.6 Å². The van der Waals surface area contributed by atoms with Gasteiger partial charge < -0.3 is 10.1 Å². The third-order valence-corrected chi connectivity index (χ3v) is 4.99. The molecule has 2 rings (SSSR count). The molecule has 1 N–H and O–H groups in total. The molecular formula is C19H27N3O3S. The fourth-order valence-electron chi connectivity index (χ4n) is 2.51. The fourth-order valence-corrected chi connectivity index (χ4v) is 3.47. The van der Waals surface area contributed by atoms with Crippen LogP contribution in [0.3, 0.4) is 0 Å². The van der Waals surface area contributed by atoms with Gasteiger partial charge >= 0.3 is 0 Å². The Morgan fingerprint density at radius 2 is 2.12 bits per heavy atom. The van der Waals surface area contributed by atoms with Crippen LogP contribution in [0, 0.1) is 0 Å². The van der Waals surface area contributed by atoms with Crippen LogP contribution in [0.5, 0.6) is 0 Å². The van der Waals surface area contributed by atoms with Crippen LogP contribution in [0.4, 0.5) is 0 Å². The number of amides is 1. The van der Waals surface area contributed by atoms with Gasteiger partial charge in [0, 0.05) is 26.3 Å². The number of fused-ring (bicyclic) bond motifs is 1. The average molecular weight is 378 g/mol. The molecule has 0 saturated carbocycles. The Hall–Kier alpha value is -1.86. The molecule has 0 aliphatic rings. The van der Waals surface area contributed by atoms with Crippen molar-refractivity contribution in [3.05, 3.63) is 34.6 Å². The van der Waals surface area contributed by atoms with Crippen molar-refractivity contribution >= 4 is 28.6 Å². The number of ether oxygens (including phenoxy) is 1. The number of benzene rings is 1. The minimum absolute atomic E-state index is 0.0416. The molecule has 0 fully saturated rings. The Kier molecular flexibility index (Phi) is 8.12. The number of nitrogens with one attached hydrogen (secondary N) is 1. The molecule has 26 heavy (non-hydrogen) atoms. The molecular weight excluding hydrogens is 350 g/mol. The van der Waals surface area contributed by atoms with Crippen molar-refractivity contribution in [2.45, 2.75) is 50.6 Å². The third kappa shape index (κ3) is 5.32. The molecule has 7 heteroatoms. The first-order valence-corrected chi connectivity index (χ1v) is 9.98. The van der Waals surface area contributed by atoms with Gasteiger partial charge in [0.2, 0.25) is 5.91 Å². The zero-order valence-corrected chi connectivity index (χ0v) is 16.5. The first kappa shape index (κ1) is 20.5. The number of hydrogen-bond donors (Lipinski definition) is 1. The van der Waals surface area contributed by atoms with Gasteiger partial charge in [0.1, 0.15) is 0 Å². The van der Waals surface area contributed by atoms with Gasteiger partial charge in [-0.25, -0.2) is 4.98 Å². The molecule has 1 atom stereocenters. The second kappa shape index (κ2) is 10.3. The normalized spacial score (nSPS) is 12.3. The molecule has 1 heterocycles. The van der Waals surface area contributed by atoms with Crippen LogP contribution in [0.15, 0.2) is 34.2 Å². The van der Waals surface area contributed by atoms with E-state index in [9.17, 15) is 9.59 Å². The lowest BCUT2D eigenvalue weighted by atomic mass is 10.2. The molecule has 142 valence electrons. The van der Waals surface area contributed by atoms with Crippen molar-refractivity contribution in [3.63, 3.8) is 0 Å². The summed E-state index contributed by atoms with van der Waals surface area (Å²) in [4.78, 5) is 29.7. The first-order valence-electron chi connectivity index (χ1n) is 9.10. The van der Waals surface area contributed by atoms with E-state index >= 15 is 0 Å². The SMILES string of the molecule is CCCNC(=O)[C@H](C)Sc1nc2ccccc2c(=O)n1CCCOCC. The Balaban J connectivity index is 2.29. The molecule has 0 spiro atoms. The van der Waals surface area contributed by atoms with E-state index in [2.05, 4.69) is 10.3 Å². The first-order chi connectivity index (χ1) is 12.6. The summed E-state index contributed by atoms with van der Waals surface area (Å²) >= 11 is 1.32. The van der Waals surface area contributed by atoms with E-state index in [1.807, 2.05) is 39.0 Å². The molecule has 1 aromatic heterocycles. The topological polar surface area (TPSA) is 73.2 Å². The Morgan fingerprint density at radius 1 is 1.35 bits per heavy atom. The second-order valence-corrected chi connectivity index (χ2v) is 7.28. The number of para-hydroxylation sites is 1. The molecule has 0 aliphatic carbocycles. The maximum Gasteiger partial charge on any atom is 0.262 e. The molecule has 0 saturated heterocycles. The van der Waals surface area contributed by atoms with Gasteiger partial charge in [-0.05, 0) is 38.8 Å². The van der Waals surface area contributed by atoms with Crippen LogP contribution in [-0.2, 0) is 16.1 Å². The summed E-state index contributed by atoms with van der Waals surface area (Å²) in [7, 11) is 0. The highest BCUT2D eigenvalue weighted by Crippen LogP contribution is 2.22. The lowest BCUT2D eigenvalue weighted by Crippen LogP contribution is -2.32. The van der Waals surface area contributed by atoms with E-state index in [-0.39, 0.29) is 16.7 Å². The summed E-state index contributed by atoms with van der Waals surface area (Å²) in [6.45, 7) is 8.20. The van der Waals surface area contributed by atoms with Crippen LogP contribution < -0.4 is 10.9 Å². The van der Waals surface area contributed by atoms with Crippen molar-refractivity contribution in [3.8, 4) is 0 Å². The number of aromatic nitrogens is 2. The molecule has 6 nitrogen and oxygen atoms in total. The van der Waals surface area contributed by atoms with E-state index in [4.69, 9.17) is 4.74 Å². The lowest BCUT2D eigenvalue weighted by Gasteiger charge is -2.16. The number of thioether (sulfide) groups is 1. The van der Waals surface area contributed by atoms with Gasteiger partial charge in [0.25, 0.3) is 5.56 Å². The summed E-state index contributed by atoms with van der Waals surface area (Å²) in [5, 5.41) is 3.73. The standard InChI is InChI=1S/C19H27N3O3S/c1-4-11-20-17(23)14(3)26-19-21-16-10-7-6-9-15(16)18(24)22(19)12-8-13-25-5-2/h6-7,9-10,14H,4-5,8,11-13H2,1-3H3,(H,20,23)/t14-/m0/s1. The lowest BCUT2D eigenvalue weighted by molar-refractivity contribution is -0.120. The number of carbonyl (C=O) groups is 1. The van der Waals surface area contributed by atoms with E-state index < -0.39 is 0 Å². The Morgan fingerprint density at radius 3 is 2.85 bits per heavy atom. The predicted molar refractivity (Wildman–Crippen MR) is 106 cm³/mol. The minimum Gasteiger partial charge on any atom is -0.382 e. The quantitative estimate of drug-likeness (QED) is 0.392. The molecule has 1 amide bonds. The summed E-state index contributed by atoms with van der Waals surface area (Å²) < 4.78 is 7.04. The van der Waals surface area contributed by atoms with Crippen LogP contribution >= 0.6 is 11.8 Å². The Labute approximate surface area is 158 Å². The van der Waals surface area contributed by atoms with Crippen molar-refractivity contribution in [2.24, 2.45) is 0 Å². The zero-order chi connectivity index (χ0) is 18.9. The predicted octanol–water partition coefficient (Wildman–Crippen LogP) is 2.83. The maximum absolute atomic E-state index is 12.9. The molecule has 0 bridgehead atoms. The van der Waals surface area contributed by atoms with Gasteiger partial charge in [-0.1, -0.05) is 30.8 Å². The Bertz CT molecular complexity index is 791. The van der Waals surface area contributed by atoms with Crippen molar-refractivity contribution in [2.75, 3.05) is 19.8 Å². The van der Waals surface area contributed by atoms with Crippen molar-refractivity contribution < 1.29 is 9.53 Å². The molecule has 0 unspecified atom stereocenters. The van der Waals surface area contributed by atoms with E-state index in [1.165, 1.54) is 11.8 Å². The molecule has 1 aromatic carbocycles. The molecule has 0 aliphatic heterocycles. The smallest absolute Gasteiger partial charge is 0.262 e. The fraction of sp³-hybridized carbons (Fsp3) is 0.526. The summed E-state index contributed by atoms with van der Waals surface area (Å²) in [6.07, 6.45) is 1.61. The second-order valence-electron chi connectivity index (χ2n) is 5.97. The van der Waals surface area contributed by atoms with E-state index in [0.29, 0.717) is 42.4 Å². The van der Waals surface area contributed by atoms with E-state index in [0.717, 1.165) is 12.8 Å². The third-order valence-electron chi connectivity index (χ3n) is 3.90. The number of carbonyl (C=O) groups excluding carboxylic acids is 1. The number of rotatable bonds is 10. The van der Waals surface area contributed by atoms with Gasteiger partial charge in [0.15, 0.2) is 5.16 Å². The highest BCUT2D eigenvalue weighted by molar-refractivity contribution is 8.00. The highest BCUT2D eigenvalue weighted by atomic mass is 32.2. The minimum atomic E-state index is -0.326. The monoisotopic (exact) mass is 377 g/mol. The summed E-state index contributed by atoms with van der Waals surface area (Å²) in [6, 6.07) is 7.31. The molecule has 2 aromatic rings. The summed E-state index contributed by atoms with van der Waals surface area (Å²) in [5.74, 6) is -0.0416. The highest BCUT2D eigenvalue weighted by Gasteiger charge is 2.19. The number of hydrogen-bond acceptors (Lipinski definition) is 5. The van der Waals surface area contributed by atoms with Crippen LogP contribution in [0.25, 0.3) is 10.9 Å². The van der Waals surface area contributed by atoms with Gasteiger partial charge in [-0.15, -0.1) is 0 Å². The number of nitrogens with zero attached hydrogens (tertiary/aromatic N) is 2. The maximum atomic E-state index is 12.9. The van der Waals surface area contributed by atoms with Gasteiger partial charge in [0.05, 0.1) is 16.2 Å². The zero-order valence-electron chi connectivity index (χ0n) is 15.7.